The van der Waals surface area contributed by atoms with Crippen LogP contribution in [0.1, 0.15) is 11.3 Å². The van der Waals surface area contributed by atoms with Crippen LogP contribution in [0.15, 0.2) is 53.2 Å². The molecule has 0 aliphatic rings. The summed E-state index contributed by atoms with van der Waals surface area (Å²) in [5.41, 5.74) is 1.19. The normalized spacial score (nSPS) is 10.7. The Morgan fingerprint density at radius 2 is 2.10 bits per heavy atom. The molecule has 0 aliphatic heterocycles. The van der Waals surface area contributed by atoms with E-state index in [0.29, 0.717) is 18.9 Å². The number of aryl methyl sites for hydroxylation is 1. The van der Waals surface area contributed by atoms with Gasteiger partial charge >= 0.3 is 0 Å². The third kappa shape index (κ3) is 4.65. The molecule has 2 aromatic rings. The maximum atomic E-state index is 11.5. The van der Waals surface area contributed by atoms with Crippen LogP contribution in [0, 0.1) is 6.92 Å². The summed E-state index contributed by atoms with van der Waals surface area (Å²) >= 11 is 0. The topological polar surface area (TPSA) is 51.5 Å². The Morgan fingerprint density at radius 1 is 1.30 bits per heavy atom. The first kappa shape index (κ1) is 13.9. The fraction of sp³-hybridized carbons (Fsp3) is 0.188. The minimum Gasteiger partial charge on any atom is -0.492 e. The average molecular weight is 271 g/mol. The molecule has 4 nitrogen and oxygen atoms in total. The highest BCUT2D eigenvalue weighted by Crippen LogP contribution is 2.10. The van der Waals surface area contributed by atoms with Gasteiger partial charge in [-0.3, -0.25) is 4.79 Å². The zero-order valence-electron chi connectivity index (χ0n) is 11.3. The van der Waals surface area contributed by atoms with Crippen LogP contribution in [-0.2, 0) is 4.79 Å². The molecule has 1 N–H and O–H groups in total. The van der Waals surface area contributed by atoms with Gasteiger partial charge < -0.3 is 14.5 Å². The molecule has 1 aromatic heterocycles. The summed E-state index contributed by atoms with van der Waals surface area (Å²) in [6, 6.07) is 11.3. The fourth-order valence-electron chi connectivity index (χ4n) is 1.58. The van der Waals surface area contributed by atoms with Crippen LogP contribution in [0.4, 0.5) is 0 Å². The molecule has 0 saturated heterocycles. The van der Waals surface area contributed by atoms with Gasteiger partial charge in [-0.1, -0.05) is 17.7 Å². The summed E-state index contributed by atoms with van der Waals surface area (Å²) in [5.74, 6) is 1.28. The molecule has 0 unspecified atom stereocenters. The standard InChI is InChI=1S/C16H17NO3/c1-13-4-6-15(7-5-13)20-12-10-17-16(18)9-8-14-3-2-11-19-14/h2-9,11H,10,12H2,1H3,(H,17,18)/b9-8-. The summed E-state index contributed by atoms with van der Waals surface area (Å²) in [4.78, 5) is 11.5. The number of hydrogen-bond acceptors (Lipinski definition) is 3. The molecule has 0 fully saturated rings. The molecule has 0 aliphatic carbocycles. The summed E-state index contributed by atoms with van der Waals surface area (Å²) in [6.45, 7) is 2.91. The Hall–Kier alpha value is -2.49. The SMILES string of the molecule is Cc1ccc(OCCNC(=O)/C=C\c2ccco2)cc1. The second kappa shape index (κ2) is 7.19. The van der Waals surface area contributed by atoms with E-state index >= 15 is 0 Å². The van der Waals surface area contributed by atoms with Gasteiger partial charge in [0.15, 0.2) is 0 Å². The van der Waals surface area contributed by atoms with Gasteiger partial charge in [0.2, 0.25) is 5.91 Å². The Balaban J connectivity index is 1.65. The summed E-state index contributed by atoms with van der Waals surface area (Å²) < 4.78 is 10.6. The second-order valence-electron chi connectivity index (χ2n) is 4.30. The lowest BCUT2D eigenvalue weighted by atomic mass is 10.2. The van der Waals surface area contributed by atoms with Gasteiger partial charge in [0.1, 0.15) is 18.1 Å². The predicted octanol–water partition coefficient (Wildman–Crippen LogP) is 2.80. The lowest BCUT2D eigenvalue weighted by Crippen LogP contribution is -2.26. The first-order valence-corrected chi connectivity index (χ1v) is 6.43. The lowest BCUT2D eigenvalue weighted by molar-refractivity contribution is -0.116. The smallest absolute Gasteiger partial charge is 0.244 e. The van der Waals surface area contributed by atoms with Crippen molar-refractivity contribution in [2.24, 2.45) is 0 Å². The van der Waals surface area contributed by atoms with Crippen LogP contribution < -0.4 is 10.1 Å². The quantitative estimate of drug-likeness (QED) is 0.649. The summed E-state index contributed by atoms with van der Waals surface area (Å²) in [6.07, 6.45) is 4.62. The van der Waals surface area contributed by atoms with Crippen molar-refractivity contribution in [3.63, 3.8) is 0 Å². The van der Waals surface area contributed by atoms with Crippen molar-refractivity contribution in [1.82, 2.24) is 5.32 Å². The monoisotopic (exact) mass is 271 g/mol. The van der Waals surface area contributed by atoms with E-state index in [2.05, 4.69) is 5.32 Å². The Bertz CT molecular complexity index is 556. The van der Waals surface area contributed by atoms with E-state index in [1.54, 1.807) is 24.5 Å². The highest BCUT2D eigenvalue weighted by Gasteiger charge is 1.97. The summed E-state index contributed by atoms with van der Waals surface area (Å²) in [7, 11) is 0. The zero-order valence-corrected chi connectivity index (χ0v) is 11.3. The van der Waals surface area contributed by atoms with Gasteiger partial charge in [0, 0.05) is 6.08 Å². The highest BCUT2D eigenvalue weighted by molar-refractivity contribution is 5.91. The molecular formula is C16H17NO3. The van der Waals surface area contributed by atoms with E-state index in [9.17, 15) is 4.79 Å². The van der Waals surface area contributed by atoms with Crippen molar-refractivity contribution in [2.75, 3.05) is 13.2 Å². The first-order chi connectivity index (χ1) is 9.74. The van der Waals surface area contributed by atoms with Gasteiger partial charge in [0.05, 0.1) is 12.8 Å². The highest BCUT2D eigenvalue weighted by atomic mass is 16.5. The molecule has 1 aromatic carbocycles. The molecule has 0 spiro atoms. The molecule has 1 amide bonds. The molecule has 0 bridgehead atoms. The number of amides is 1. The zero-order chi connectivity index (χ0) is 14.2. The van der Waals surface area contributed by atoms with Gasteiger partial charge in [-0.2, -0.15) is 0 Å². The van der Waals surface area contributed by atoms with E-state index in [1.165, 1.54) is 11.6 Å². The number of rotatable bonds is 6. The molecule has 0 saturated carbocycles. The van der Waals surface area contributed by atoms with E-state index in [1.807, 2.05) is 31.2 Å². The van der Waals surface area contributed by atoms with Gasteiger partial charge in [-0.25, -0.2) is 0 Å². The van der Waals surface area contributed by atoms with Crippen molar-refractivity contribution >= 4 is 12.0 Å². The lowest BCUT2D eigenvalue weighted by Gasteiger charge is -2.06. The van der Waals surface area contributed by atoms with Gasteiger partial charge in [-0.15, -0.1) is 0 Å². The first-order valence-electron chi connectivity index (χ1n) is 6.43. The minimum atomic E-state index is -0.172. The number of furan rings is 1. The van der Waals surface area contributed by atoms with Crippen LogP contribution in [0.3, 0.4) is 0 Å². The van der Waals surface area contributed by atoms with E-state index in [-0.39, 0.29) is 5.91 Å². The maximum absolute atomic E-state index is 11.5. The van der Waals surface area contributed by atoms with Crippen LogP contribution in [0.5, 0.6) is 5.75 Å². The molecule has 0 atom stereocenters. The molecule has 104 valence electrons. The van der Waals surface area contributed by atoms with Crippen molar-refractivity contribution in [3.05, 3.63) is 60.1 Å². The minimum absolute atomic E-state index is 0.172. The van der Waals surface area contributed by atoms with Crippen LogP contribution in [0.2, 0.25) is 0 Å². The third-order valence-electron chi connectivity index (χ3n) is 2.63. The molecule has 2 rings (SSSR count). The van der Waals surface area contributed by atoms with Gasteiger partial charge in [0.25, 0.3) is 0 Å². The number of carbonyl (C=O) groups is 1. The molecule has 20 heavy (non-hydrogen) atoms. The van der Waals surface area contributed by atoms with Crippen molar-refractivity contribution in [3.8, 4) is 5.75 Å². The van der Waals surface area contributed by atoms with Crippen LogP contribution in [0.25, 0.3) is 6.08 Å². The van der Waals surface area contributed by atoms with Crippen molar-refractivity contribution in [2.45, 2.75) is 6.92 Å². The largest absolute Gasteiger partial charge is 0.492 e. The number of hydrogen-bond donors (Lipinski definition) is 1. The van der Waals surface area contributed by atoms with Crippen molar-refractivity contribution in [1.29, 1.82) is 0 Å². The van der Waals surface area contributed by atoms with E-state index in [4.69, 9.17) is 9.15 Å². The summed E-state index contributed by atoms with van der Waals surface area (Å²) in [5, 5.41) is 2.73. The van der Waals surface area contributed by atoms with E-state index < -0.39 is 0 Å². The number of nitrogens with one attached hydrogen (secondary N) is 1. The molecular weight excluding hydrogens is 254 g/mol. The average Bonchev–Trinajstić information content (AvgIpc) is 2.96. The number of benzene rings is 1. The molecule has 1 heterocycles. The van der Waals surface area contributed by atoms with Crippen LogP contribution in [-0.4, -0.2) is 19.1 Å². The van der Waals surface area contributed by atoms with Crippen molar-refractivity contribution < 1.29 is 13.9 Å². The number of carbonyl (C=O) groups excluding carboxylic acids is 1. The Morgan fingerprint density at radius 3 is 2.80 bits per heavy atom. The predicted molar refractivity (Wildman–Crippen MR) is 77.4 cm³/mol. The Labute approximate surface area is 118 Å². The molecule has 0 radical (unpaired) electrons. The van der Waals surface area contributed by atoms with Gasteiger partial charge in [-0.05, 0) is 37.3 Å². The van der Waals surface area contributed by atoms with Crippen LogP contribution >= 0.6 is 0 Å². The molecule has 4 heteroatoms. The number of ether oxygens (including phenoxy) is 1. The Kier molecular flexibility index (Phi) is 5.00. The maximum Gasteiger partial charge on any atom is 0.244 e. The third-order valence-corrected chi connectivity index (χ3v) is 2.63. The second-order valence-corrected chi connectivity index (χ2v) is 4.30. The van der Waals surface area contributed by atoms with E-state index in [0.717, 1.165) is 5.75 Å². The fourth-order valence-corrected chi connectivity index (χ4v) is 1.58.